The maximum atomic E-state index is 17.2. The van der Waals surface area contributed by atoms with Gasteiger partial charge in [0.2, 0.25) is 5.91 Å². The molecule has 9 nitrogen and oxygen atoms in total. The largest absolute Gasteiger partial charge is 0.337 e. The van der Waals surface area contributed by atoms with Crippen molar-refractivity contribution in [2.75, 3.05) is 13.1 Å². The van der Waals surface area contributed by atoms with E-state index in [1.165, 1.54) is 0 Å². The number of pyridine rings is 1. The molecule has 3 aromatic heterocycles. The number of aromatic nitrogens is 5. The van der Waals surface area contributed by atoms with Crippen LogP contribution in [0.3, 0.4) is 0 Å². The van der Waals surface area contributed by atoms with Gasteiger partial charge in [0.25, 0.3) is 0 Å². The van der Waals surface area contributed by atoms with Gasteiger partial charge in [-0.15, -0.1) is 0 Å². The second-order valence-corrected chi connectivity index (χ2v) is 15.4. The molecule has 3 saturated heterocycles. The number of nitriles is 1. The summed E-state index contributed by atoms with van der Waals surface area (Å²) in [5.74, 6) is 1.78. The van der Waals surface area contributed by atoms with E-state index in [9.17, 15) is 10.1 Å². The fourth-order valence-corrected chi connectivity index (χ4v) is 9.46. The predicted octanol–water partition coefficient (Wildman–Crippen LogP) is 7.73. The summed E-state index contributed by atoms with van der Waals surface area (Å²) in [7, 11) is 0. The van der Waals surface area contributed by atoms with Crippen molar-refractivity contribution in [2.45, 2.75) is 83.5 Å². The smallest absolute Gasteiger partial charge is 0.226 e. The Labute approximate surface area is 299 Å². The molecule has 5 atom stereocenters. The van der Waals surface area contributed by atoms with Gasteiger partial charge in [-0.3, -0.25) is 4.79 Å². The molecule has 2 aliphatic carbocycles. The number of amides is 1. The quantitative estimate of drug-likeness (QED) is 0.185. The lowest BCUT2D eigenvalue weighted by Gasteiger charge is -2.39. The van der Waals surface area contributed by atoms with E-state index in [0.29, 0.717) is 52.4 Å². The van der Waals surface area contributed by atoms with Crippen LogP contribution in [0.1, 0.15) is 78.8 Å². The van der Waals surface area contributed by atoms with Crippen LogP contribution in [0.15, 0.2) is 30.3 Å². The number of benzene rings is 2. The van der Waals surface area contributed by atoms with Crippen LogP contribution in [0.4, 0.5) is 4.39 Å². The lowest BCUT2D eigenvalue weighted by atomic mass is 9.79. The van der Waals surface area contributed by atoms with Crippen LogP contribution >= 0.6 is 23.2 Å². The summed E-state index contributed by atoms with van der Waals surface area (Å²) >= 11 is 13.1. The summed E-state index contributed by atoms with van der Waals surface area (Å²) in [4.78, 5) is 25.6. The van der Waals surface area contributed by atoms with E-state index in [-0.39, 0.29) is 53.0 Å². The zero-order valence-electron chi connectivity index (χ0n) is 28.2. The summed E-state index contributed by atoms with van der Waals surface area (Å²) in [6.45, 7) is 7.29. The van der Waals surface area contributed by atoms with Crippen LogP contribution in [0, 0.1) is 49.8 Å². The van der Waals surface area contributed by atoms with E-state index in [1.54, 1.807) is 18.2 Å². The number of nitrogens with one attached hydrogen (secondary N) is 1. The summed E-state index contributed by atoms with van der Waals surface area (Å²) in [6.07, 6.45) is 4.18. The van der Waals surface area contributed by atoms with Crippen molar-refractivity contribution < 1.29 is 9.18 Å². The van der Waals surface area contributed by atoms with Gasteiger partial charge in [0.05, 0.1) is 39.8 Å². The standard InChI is InChI=1S/C38H37Cl2FN8O/c1-18-26-15-31(30-14-24(49-20(3)45-19(2)46-49)17-47(30)38(50)21-9-10-21)48(36-23-13-29(36)43-16-23)37(26)27-12-22(6-5-11-42)32(34(41)35(27)44-18)25-7-4-8-28(39)33(25)40/h4,7-8,12,15,21,23-24,29-30,36,43H,5-6,9-10,13-14,16-17H2,1-3H3/t23-,24+,29-,30-,36+/m1/s1. The first-order valence-corrected chi connectivity index (χ1v) is 18.3. The third-order valence-corrected chi connectivity index (χ3v) is 12.3. The van der Waals surface area contributed by atoms with Gasteiger partial charge in [-0.25, -0.2) is 19.0 Å². The number of aryl methyl sites for hydroxylation is 4. The average molecular weight is 712 g/mol. The SMILES string of the molecule is Cc1nc(C)n([C@H]2C[C@H](c3cc4c(C)nc5c(F)c(-c6cccc(Cl)c6Cl)c(CCC#N)cc5c4n3[C@H]3[C@H]4CN[C@@H]3C4)N(C(=O)C3CC3)C2)n1. The Morgan fingerprint density at radius 3 is 2.62 bits per heavy atom. The first-order valence-electron chi connectivity index (χ1n) is 17.6. The number of nitrogens with zero attached hydrogens (tertiary/aromatic N) is 7. The van der Waals surface area contributed by atoms with Crippen LogP contribution in [-0.4, -0.2) is 54.3 Å². The Morgan fingerprint density at radius 1 is 1.12 bits per heavy atom. The Hall–Kier alpha value is -4.04. The van der Waals surface area contributed by atoms with E-state index >= 15 is 4.39 Å². The van der Waals surface area contributed by atoms with Crippen molar-refractivity contribution in [2.24, 2.45) is 11.8 Å². The van der Waals surface area contributed by atoms with E-state index < -0.39 is 5.82 Å². The third kappa shape index (κ3) is 4.80. The molecule has 5 aliphatic rings. The van der Waals surface area contributed by atoms with Gasteiger partial charge in [0.1, 0.15) is 17.2 Å². The molecule has 2 aromatic carbocycles. The first-order chi connectivity index (χ1) is 24.1. The number of hydrogen-bond acceptors (Lipinski definition) is 6. The van der Waals surface area contributed by atoms with E-state index in [2.05, 4.69) is 31.9 Å². The van der Waals surface area contributed by atoms with Crippen molar-refractivity contribution in [3.8, 4) is 17.2 Å². The number of halogens is 3. The number of likely N-dealkylation sites (tertiary alicyclic amines) is 1. The van der Waals surface area contributed by atoms with Crippen molar-refractivity contribution in [3.05, 3.63) is 74.8 Å². The molecule has 10 rings (SSSR count). The molecule has 5 fully saturated rings. The molecule has 0 unspecified atom stereocenters. The molecule has 1 amide bonds. The van der Waals surface area contributed by atoms with E-state index in [4.69, 9.17) is 33.3 Å². The monoisotopic (exact) mass is 710 g/mol. The molecule has 6 heterocycles. The van der Waals surface area contributed by atoms with Crippen LogP contribution in [-0.2, 0) is 11.2 Å². The van der Waals surface area contributed by atoms with Crippen LogP contribution < -0.4 is 5.32 Å². The number of fused-ring (bicyclic) bond motifs is 4. The predicted molar refractivity (Wildman–Crippen MR) is 191 cm³/mol. The number of rotatable bonds is 7. The minimum absolute atomic E-state index is 0.0115. The van der Waals surface area contributed by atoms with Gasteiger partial charge < -0.3 is 14.8 Å². The zero-order valence-corrected chi connectivity index (χ0v) is 29.7. The Balaban J connectivity index is 1.30. The minimum atomic E-state index is -0.475. The average Bonchev–Trinajstić information content (AvgIpc) is 3.48. The molecule has 256 valence electrons. The van der Waals surface area contributed by atoms with Crippen molar-refractivity contribution in [3.63, 3.8) is 0 Å². The number of carbonyl (C=O) groups excluding carboxylic acids is 1. The fourth-order valence-electron chi connectivity index (χ4n) is 9.06. The summed E-state index contributed by atoms with van der Waals surface area (Å²) < 4.78 is 21.6. The molecule has 50 heavy (non-hydrogen) atoms. The molecule has 0 radical (unpaired) electrons. The fraction of sp³-hybridized carbons (Fsp3) is 0.447. The lowest BCUT2D eigenvalue weighted by molar-refractivity contribution is -0.133. The highest BCUT2D eigenvalue weighted by molar-refractivity contribution is 6.43. The second kappa shape index (κ2) is 11.8. The molecule has 3 aliphatic heterocycles. The van der Waals surface area contributed by atoms with Gasteiger partial charge >= 0.3 is 0 Å². The summed E-state index contributed by atoms with van der Waals surface area (Å²) in [6, 6.07) is 11.9. The third-order valence-electron chi connectivity index (χ3n) is 11.5. The number of carbonyl (C=O) groups is 1. The van der Waals surface area contributed by atoms with Crippen LogP contribution in [0.2, 0.25) is 10.0 Å². The molecule has 2 bridgehead atoms. The van der Waals surface area contributed by atoms with Crippen LogP contribution in [0.25, 0.3) is 32.9 Å². The molecule has 2 saturated carbocycles. The Morgan fingerprint density at radius 2 is 1.94 bits per heavy atom. The normalized spacial score (nSPS) is 24.3. The lowest BCUT2D eigenvalue weighted by Crippen LogP contribution is -2.41. The molecular weight excluding hydrogens is 674 g/mol. The van der Waals surface area contributed by atoms with Gasteiger partial charge in [-0.05, 0) is 82.6 Å². The van der Waals surface area contributed by atoms with E-state index in [0.717, 1.165) is 59.7 Å². The van der Waals surface area contributed by atoms with Crippen molar-refractivity contribution in [1.82, 2.24) is 34.5 Å². The van der Waals surface area contributed by atoms with Gasteiger partial charge in [0, 0.05) is 64.8 Å². The summed E-state index contributed by atoms with van der Waals surface area (Å²) in [5, 5.41) is 20.3. The highest BCUT2D eigenvalue weighted by atomic mass is 35.5. The Kier molecular flexibility index (Phi) is 7.50. The molecule has 1 N–H and O–H groups in total. The highest BCUT2D eigenvalue weighted by Crippen LogP contribution is 2.52. The highest BCUT2D eigenvalue weighted by Gasteiger charge is 2.51. The number of hydrogen-bond donors (Lipinski definition) is 1. The molecular formula is C38H37Cl2FN8O. The van der Waals surface area contributed by atoms with Gasteiger partial charge in [0.15, 0.2) is 5.82 Å². The molecule has 5 aromatic rings. The van der Waals surface area contributed by atoms with Gasteiger partial charge in [-0.2, -0.15) is 10.4 Å². The van der Waals surface area contributed by atoms with Crippen molar-refractivity contribution in [1.29, 1.82) is 5.26 Å². The minimum Gasteiger partial charge on any atom is -0.337 e. The van der Waals surface area contributed by atoms with Crippen LogP contribution in [0.5, 0.6) is 0 Å². The zero-order chi connectivity index (χ0) is 34.6. The molecule has 0 spiro atoms. The second-order valence-electron chi connectivity index (χ2n) is 14.6. The van der Waals surface area contributed by atoms with Gasteiger partial charge in [-0.1, -0.05) is 35.3 Å². The van der Waals surface area contributed by atoms with Crippen molar-refractivity contribution >= 4 is 50.9 Å². The maximum Gasteiger partial charge on any atom is 0.226 e. The topological polar surface area (TPSA) is 105 Å². The van der Waals surface area contributed by atoms with E-state index in [1.807, 2.05) is 31.5 Å². The summed E-state index contributed by atoms with van der Waals surface area (Å²) in [5.41, 5.74) is 4.46. The molecule has 12 heteroatoms. The first kappa shape index (κ1) is 31.9. The Bertz CT molecular complexity index is 2270. The maximum absolute atomic E-state index is 17.2.